The van der Waals surface area contributed by atoms with E-state index >= 15 is 0 Å². The van der Waals surface area contributed by atoms with Crippen LogP contribution in [0.15, 0.2) is 15.2 Å². The summed E-state index contributed by atoms with van der Waals surface area (Å²) in [5.74, 6) is 0. The molecule has 1 atom stereocenters. The lowest BCUT2D eigenvalue weighted by Gasteiger charge is -2.21. The second kappa shape index (κ2) is 7.48. The predicted octanol–water partition coefficient (Wildman–Crippen LogP) is 2.30. The van der Waals surface area contributed by atoms with E-state index in [4.69, 9.17) is 0 Å². The van der Waals surface area contributed by atoms with Crippen LogP contribution in [0.4, 0.5) is 0 Å². The summed E-state index contributed by atoms with van der Waals surface area (Å²) in [6.07, 6.45) is -0.315. The van der Waals surface area contributed by atoms with Gasteiger partial charge in [0, 0.05) is 25.7 Å². The number of nitrogens with zero attached hydrogens (tertiary/aromatic N) is 1. The molecule has 0 aromatic carbocycles. The number of likely N-dealkylation sites (N-methyl/N-ethyl adjacent to an activating group) is 1. The molecule has 3 nitrogen and oxygen atoms in total. The summed E-state index contributed by atoms with van der Waals surface area (Å²) in [7, 11) is 2.03. The molecule has 1 aromatic heterocycles. The van der Waals surface area contributed by atoms with E-state index in [0.29, 0.717) is 19.1 Å². The molecule has 17 heavy (non-hydrogen) atoms. The van der Waals surface area contributed by atoms with E-state index in [0.717, 1.165) is 10.3 Å². The van der Waals surface area contributed by atoms with Crippen LogP contribution >= 0.6 is 27.3 Å². The van der Waals surface area contributed by atoms with Gasteiger partial charge in [-0.3, -0.25) is 4.90 Å². The summed E-state index contributed by atoms with van der Waals surface area (Å²) in [6.45, 7) is 6.38. The third kappa shape index (κ3) is 6.52. The Kier molecular flexibility index (Phi) is 6.66. The fourth-order valence-electron chi connectivity index (χ4n) is 1.60. The first-order valence-corrected chi connectivity index (χ1v) is 7.47. The Hall–Kier alpha value is 0.0600. The standard InChI is InChI=1S/C12H21BrN2OS/c1-9(2)14-5-11(16)7-15(3)6-10-4-12(13)17-8-10/h4,8-9,11,14,16H,5-7H2,1-3H3. The third-order valence-corrected chi connectivity index (χ3v) is 3.91. The molecule has 1 rings (SSSR count). The minimum atomic E-state index is -0.315. The summed E-state index contributed by atoms with van der Waals surface area (Å²) < 4.78 is 1.16. The van der Waals surface area contributed by atoms with E-state index in [1.165, 1.54) is 5.56 Å². The van der Waals surface area contributed by atoms with E-state index in [1.807, 2.05) is 7.05 Å². The Labute approximate surface area is 116 Å². The first kappa shape index (κ1) is 15.1. The number of hydrogen-bond acceptors (Lipinski definition) is 4. The minimum Gasteiger partial charge on any atom is -0.390 e. The van der Waals surface area contributed by atoms with Crippen molar-refractivity contribution in [1.82, 2.24) is 10.2 Å². The van der Waals surface area contributed by atoms with Crippen LogP contribution < -0.4 is 5.32 Å². The molecule has 2 N–H and O–H groups in total. The Balaban J connectivity index is 2.26. The largest absolute Gasteiger partial charge is 0.390 e. The number of aliphatic hydroxyl groups excluding tert-OH is 1. The molecule has 0 aliphatic heterocycles. The minimum absolute atomic E-state index is 0.315. The fraction of sp³-hybridized carbons (Fsp3) is 0.667. The van der Waals surface area contributed by atoms with E-state index in [2.05, 4.69) is 51.4 Å². The highest BCUT2D eigenvalue weighted by atomic mass is 79.9. The van der Waals surface area contributed by atoms with Crippen molar-refractivity contribution in [3.05, 3.63) is 20.8 Å². The first-order chi connectivity index (χ1) is 7.97. The monoisotopic (exact) mass is 320 g/mol. The summed E-state index contributed by atoms with van der Waals surface area (Å²) in [5, 5.41) is 15.2. The first-order valence-electron chi connectivity index (χ1n) is 5.80. The molecule has 0 amide bonds. The van der Waals surface area contributed by atoms with Gasteiger partial charge in [-0.1, -0.05) is 13.8 Å². The number of thiophene rings is 1. The van der Waals surface area contributed by atoms with Crippen molar-refractivity contribution in [3.8, 4) is 0 Å². The molecule has 0 saturated heterocycles. The van der Waals surface area contributed by atoms with Gasteiger partial charge in [0.05, 0.1) is 9.89 Å². The van der Waals surface area contributed by atoms with Crippen molar-refractivity contribution >= 4 is 27.3 Å². The second-order valence-electron chi connectivity index (χ2n) is 4.67. The summed E-state index contributed by atoms with van der Waals surface area (Å²) in [6, 6.07) is 2.54. The normalized spacial score (nSPS) is 13.6. The van der Waals surface area contributed by atoms with E-state index in [-0.39, 0.29) is 6.10 Å². The molecule has 0 fully saturated rings. The summed E-state index contributed by atoms with van der Waals surface area (Å²) in [5.41, 5.74) is 1.29. The third-order valence-electron chi connectivity index (χ3n) is 2.36. The van der Waals surface area contributed by atoms with Gasteiger partial charge in [-0.2, -0.15) is 0 Å². The number of rotatable bonds is 7. The maximum Gasteiger partial charge on any atom is 0.0791 e. The SMILES string of the molecule is CC(C)NCC(O)CN(C)Cc1csc(Br)c1. The number of aliphatic hydroxyl groups is 1. The van der Waals surface area contributed by atoms with Gasteiger partial charge in [0.2, 0.25) is 0 Å². The van der Waals surface area contributed by atoms with Gasteiger partial charge in [-0.25, -0.2) is 0 Å². The average Bonchev–Trinajstić information content (AvgIpc) is 2.60. The zero-order chi connectivity index (χ0) is 12.8. The molecule has 0 aliphatic carbocycles. The molecular weight excluding hydrogens is 300 g/mol. The van der Waals surface area contributed by atoms with E-state index < -0.39 is 0 Å². The van der Waals surface area contributed by atoms with E-state index in [9.17, 15) is 5.11 Å². The molecule has 0 aliphatic rings. The highest BCUT2D eigenvalue weighted by Crippen LogP contribution is 2.21. The summed E-state index contributed by atoms with van der Waals surface area (Å²) >= 11 is 5.15. The van der Waals surface area contributed by atoms with Crippen LogP contribution in [0.3, 0.4) is 0 Å². The summed E-state index contributed by atoms with van der Waals surface area (Å²) in [4.78, 5) is 2.14. The molecule has 5 heteroatoms. The van der Waals surface area contributed by atoms with Gasteiger partial charge in [0.25, 0.3) is 0 Å². The van der Waals surface area contributed by atoms with Crippen LogP contribution in [0.2, 0.25) is 0 Å². The van der Waals surface area contributed by atoms with Crippen LogP contribution in [-0.2, 0) is 6.54 Å². The van der Waals surface area contributed by atoms with Gasteiger partial charge in [-0.15, -0.1) is 11.3 Å². The average molecular weight is 321 g/mol. The predicted molar refractivity (Wildman–Crippen MR) is 77.5 cm³/mol. The van der Waals surface area contributed by atoms with Gasteiger partial charge < -0.3 is 10.4 Å². The highest BCUT2D eigenvalue weighted by Gasteiger charge is 2.09. The Morgan fingerprint density at radius 1 is 1.53 bits per heavy atom. The van der Waals surface area contributed by atoms with Crippen molar-refractivity contribution in [2.75, 3.05) is 20.1 Å². The fourth-order valence-corrected chi connectivity index (χ4v) is 2.80. The van der Waals surface area contributed by atoms with Gasteiger partial charge in [0.15, 0.2) is 0 Å². The molecule has 0 radical (unpaired) electrons. The van der Waals surface area contributed by atoms with Crippen molar-refractivity contribution < 1.29 is 5.11 Å². The molecular formula is C12H21BrN2OS. The van der Waals surface area contributed by atoms with Crippen LogP contribution in [-0.4, -0.2) is 42.3 Å². The van der Waals surface area contributed by atoms with Gasteiger partial charge in [-0.05, 0) is 40.0 Å². The zero-order valence-electron chi connectivity index (χ0n) is 10.6. The van der Waals surface area contributed by atoms with Crippen molar-refractivity contribution in [1.29, 1.82) is 0 Å². The Morgan fingerprint density at radius 3 is 2.76 bits per heavy atom. The van der Waals surface area contributed by atoms with Crippen molar-refractivity contribution in [3.63, 3.8) is 0 Å². The Morgan fingerprint density at radius 2 is 2.24 bits per heavy atom. The molecule has 0 spiro atoms. The van der Waals surface area contributed by atoms with Gasteiger partial charge >= 0.3 is 0 Å². The molecule has 0 saturated carbocycles. The lowest BCUT2D eigenvalue weighted by molar-refractivity contribution is 0.119. The molecule has 1 unspecified atom stereocenters. The number of nitrogens with one attached hydrogen (secondary N) is 1. The lowest BCUT2D eigenvalue weighted by atomic mass is 10.2. The van der Waals surface area contributed by atoms with E-state index in [1.54, 1.807) is 11.3 Å². The number of halogens is 1. The topological polar surface area (TPSA) is 35.5 Å². The lowest BCUT2D eigenvalue weighted by Crippen LogP contribution is -2.38. The maximum atomic E-state index is 9.84. The van der Waals surface area contributed by atoms with Crippen molar-refractivity contribution in [2.45, 2.75) is 32.5 Å². The quantitative estimate of drug-likeness (QED) is 0.809. The van der Waals surface area contributed by atoms with Crippen LogP contribution in [0, 0.1) is 0 Å². The maximum absolute atomic E-state index is 9.84. The van der Waals surface area contributed by atoms with Crippen LogP contribution in [0.1, 0.15) is 19.4 Å². The molecule has 1 aromatic rings. The Bertz CT molecular complexity index is 330. The van der Waals surface area contributed by atoms with Crippen LogP contribution in [0.25, 0.3) is 0 Å². The number of hydrogen-bond donors (Lipinski definition) is 2. The van der Waals surface area contributed by atoms with Crippen LogP contribution in [0.5, 0.6) is 0 Å². The molecule has 1 heterocycles. The zero-order valence-corrected chi connectivity index (χ0v) is 13.0. The highest BCUT2D eigenvalue weighted by molar-refractivity contribution is 9.11. The molecule has 98 valence electrons. The molecule has 0 bridgehead atoms. The second-order valence-corrected chi connectivity index (χ2v) is 6.96. The van der Waals surface area contributed by atoms with Gasteiger partial charge in [0.1, 0.15) is 0 Å². The smallest absolute Gasteiger partial charge is 0.0791 e. The van der Waals surface area contributed by atoms with Crippen molar-refractivity contribution in [2.24, 2.45) is 0 Å².